The number of hydrogen-bond acceptors (Lipinski definition) is 2. The molecule has 1 aromatic carbocycles. The number of nitrogens with zero attached hydrogens (tertiary/aromatic N) is 1. The highest BCUT2D eigenvalue weighted by Crippen LogP contribution is 2.11. The van der Waals surface area contributed by atoms with Crippen molar-refractivity contribution in [2.24, 2.45) is 0 Å². The Morgan fingerprint density at radius 2 is 1.89 bits per heavy atom. The molecular formula is C15H20N2O. The molecule has 0 saturated carbocycles. The van der Waals surface area contributed by atoms with Crippen molar-refractivity contribution < 1.29 is 5.11 Å². The summed E-state index contributed by atoms with van der Waals surface area (Å²) in [6, 6.07) is 10.0. The fourth-order valence-electron chi connectivity index (χ4n) is 1.92. The molecule has 0 unspecified atom stereocenters. The first-order valence-corrected chi connectivity index (χ1v) is 6.40. The van der Waals surface area contributed by atoms with E-state index in [2.05, 4.69) is 35.3 Å². The molecule has 0 radical (unpaired) electrons. The summed E-state index contributed by atoms with van der Waals surface area (Å²) in [5.41, 5.74) is 3.31. The number of benzene rings is 1. The zero-order valence-electron chi connectivity index (χ0n) is 10.8. The molecule has 0 atom stereocenters. The van der Waals surface area contributed by atoms with E-state index in [0.717, 1.165) is 30.8 Å². The molecule has 3 nitrogen and oxygen atoms in total. The van der Waals surface area contributed by atoms with E-state index in [1.54, 1.807) is 0 Å². The number of aliphatic hydroxyl groups is 1. The van der Waals surface area contributed by atoms with Crippen molar-refractivity contribution in [1.29, 1.82) is 0 Å². The lowest BCUT2D eigenvalue weighted by Crippen LogP contribution is -1.99. The Labute approximate surface area is 108 Å². The van der Waals surface area contributed by atoms with Gasteiger partial charge in [0.05, 0.1) is 6.61 Å². The lowest BCUT2D eigenvalue weighted by Gasteiger charge is -2.05. The van der Waals surface area contributed by atoms with E-state index < -0.39 is 0 Å². The maximum absolute atomic E-state index is 8.97. The maximum Gasteiger partial charge on any atom is 0.0681 e. The normalized spacial score (nSPS) is 10.6. The molecular weight excluding hydrogens is 224 g/mol. The van der Waals surface area contributed by atoms with Gasteiger partial charge in [0.25, 0.3) is 0 Å². The van der Waals surface area contributed by atoms with Gasteiger partial charge in [-0.1, -0.05) is 19.1 Å². The van der Waals surface area contributed by atoms with Gasteiger partial charge in [-0.3, -0.25) is 0 Å². The Balaban J connectivity index is 1.89. The predicted molar refractivity (Wildman–Crippen MR) is 74.4 cm³/mol. The van der Waals surface area contributed by atoms with Gasteiger partial charge >= 0.3 is 0 Å². The molecule has 3 heteroatoms. The number of rotatable bonds is 6. The molecule has 1 aromatic heterocycles. The van der Waals surface area contributed by atoms with Crippen molar-refractivity contribution in [3.63, 3.8) is 0 Å². The average molecular weight is 244 g/mol. The van der Waals surface area contributed by atoms with E-state index in [9.17, 15) is 0 Å². The summed E-state index contributed by atoms with van der Waals surface area (Å²) < 4.78 is 2.21. The van der Waals surface area contributed by atoms with Crippen LogP contribution in [0.3, 0.4) is 0 Å². The second-order valence-electron chi connectivity index (χ2n) is 4.47. The van der Waals surface area contributed by atoms with Gasteiger partial charge in [0.1, 0.15) is 0 Å². The molecule has 0 amide bonds. The van der Waals surface area contributed by atoms with Crippen LogP contribution in [0.4, 0.5) is 5.69 Å². The molecule has 1 heterocycles. The molecule has 0 aliphatic carbocycles. The summed E-state index contributed by atoms with van der Waals surface area (Å²) in [4.78, 5) is 0. The minimum absolute atomic E-state index is 0.0974. The summed E-state index contributed by atoms with van der Waals surface area (Å²) in [7, 11) is 0. The summed E-state index contributed by atoms with van der Waals surface area (Å²) in [5.74, 6) is 0. The summed E-state index contributed by atoms with van der Waals surface area (Å²) in [6.45, 7) is 4.18. The largest absolute Gasteiger partial charge is 0.392 e. The number of hydrogen-bond donors (Lipinski definition) is 2. The monoisotopic (exact) mass is 244 g/mol. The fourth-order valence-corrected chi connectivity index (χ4v) is 1.92. The third-order valence-corrected chi connectivity index (χ3v) is 2.93. The first-order chi connectivity index (χ1) is 8.81. The molecule has 0 fully saturated rings. The van der Waals surface area contributed by atoms with Gasteiger partial charge in [0.15, 0.2) is 0 Å². The minimum atomic E-state index is 0.0974. The number of aliphatic hydroxyl groups excluding tert-OH is 1. The van der Waals surface area contributed by atoms with Crippen LogP contribution in [0, 0.1) is 0 Å². The first kappa shape index (κ1) is 12.7. The molecule has 2 rings (SSSR count). The Hall–Kier alpha value is -1.74. The van der Waals surface area contributed by atoms with Crippen LogP contribution in [0.5, 0.6) is 0 Å². The van der Waals surface area contributed by atoms with E-state index in [1.165, 1.54) is 5.56 Å². The van der Waals surface area contributed by atoms with Crippen molar-refractivity contribution in [3.05, 3.63) is 53.9 Å². The number of nitrogens with one attached hydrogen (secondary N) is 1. The molecule has 0 aliphatic heterocycles. The van der Waals surface area contributed by atoms with Crippen LogP contribution in [0.2, 0.25) is 0 Å². The highest BCUT2D eigenvalue weighted by Gasteiger charge is 1.97. The van der Waals surface area contributed by atoms with Gasteiger partial charge < -0.3 is 15.0 Å². The standard InChI is InChI=1S/C15H20N2O/c1-2-8-17-9-7-14(11-17)10-16-15-5-3-13(12-18)4-6-15/h3-7,9,11,16,18H,2,8,10,12H2,1H3. The Kier molecular flexibility index (Phi) is 4.42. The van der Waals surface area contributed by atoms with E-state index in [0.29, 0.717) is 0 Å². The van der Waals surface area contributed by atoms with E-state index >= 15 is 0 Å². The van der Waals surface area contributed by atoms with Gasteiger partial charge in [-0.05, 0) is 35.7 Å². The molecule has 0 bridgehead atoms. The quantitative estimate of drug-likeness (QED) is 0.819. The van der Waals surface area contributed by atoms with Gasteiger partial charge in [-0.2, -0.15) is 0 Å². The maximum atomic E-state index is 8.97. The van der Waals surface area contributed by atoms with Crippen LogP contribution in [0.25, 0.3) is 0 Å². The summed E-state index contributed by atoms with van der Waals surface area (Å²) in [6.07, 6.45) is 5.46. The zero-order chi connectivity index (χ0) is 12.8. The number of aromatic nitrogens is 1. The average Bonchev–Trinajstić information content (AvgIpc) is 2.85. The second kappa shape index (κ2) is 6.26. The molecule has 0 aliphatic rings. The van der Waals surface area contributed by atoms with Crippen molar-refractivity contribution in [3.8, 4) is 0 Å². The molecule has 18 heavy (non-hydrogen) atoms. The van der Waals surface area contributed by atoms with Gasteiger partial charge in [-0.15, -0.1) is 0 Å². The SMILES string of the molecule is CCCn1ccc(CNc2ccc(CO)cc2)c1. The van der Waals surface area contributed by atoms with Crippen LogP contribution in [-0.2, 0) is 19.7 Å². The Bertz CT molecular complexity index is 473. The van der Waals surface area contributed by atoms with E-state index in [-0.39, 0.29) is 6.61 Å². The van der Waals surface area contributed by atoms with Crippen molar-refractivity contribution in [1.82, 2.24) is 4.57 Å². The Morgan fingerprint density at radius 1 is 1.11 bits per heavy atom. The van der Waals surface area contributed by atoms with Crippen LogP contribution in [-0.4, -0.2) is 9.67 Å². The molecule has 2 aromatic rings. The lowest BCUT2D eigenvalue weighted by molar-refractivity contribution is 0.282. The topological polar surface area (TPSA) is 37.2 Å². The van der Waals surface area contributed by atoms with Gasteiger partial charge in [0.2, 0.25) is 0 Å². The fraction of sp³-hybridized carbons (Fsp3) is 0.333. The van der Waals surface area contributed by atoms with Gasteiger partial charge in [0, 0.05) is 31.2 Å². The third-order valence-electron chi connectivity index (χ3n) is 2.93. The highest BCUT2D eigenvalue weighted by molar-refractivity contribution is 5.44. The lowest BCUT2D eigenvalue weighted by atomic mass is 10.2. The zero-order valence-corrected chi connectivity index (χ0v) is 10.8. The summed E-state index contributed by atoms with van der Waals surface area (Å²) >= 11 is 0. The first-order valence-electron chi connectivity index (χ1n) is 6.40. The molecule has 0 saturated heterocycles. The van der Waals surface area contributed by atoms with Crippen LogP contribution in [0.15, 0.2) is 42.7 Å². The van der Waals surface area contributed by atoms with Crippen LogP contribution < -0.4 is 5.32 Å². The number of aryl methyl sites for hydroxylation is 1. The van der Waals surface area contributed by atoms with Crippen molar-refractivity contribution in [2.45, 2.75) is 33.0 Å². The van der Waals surface area contributed by atoms with Crippen LogP contribution >= 0.6 is 0 Å². The molecule has 96 valence electrons. The predicted octanol–water partition coefficient (Wildman–Crippen LogP) is 3.00. The second-order valence-corrected chi connectivity index (χ2v) is 4.47. The van der Waals surface area contributed by atoms with Crippen molar-refractivity contribution >= 4 is 5.69 Å². The van der Waals surface area contributed by atoms with Crippen LogP contribution in [0.1, 0.15) is 24.5 Å². The summed E-state index contributed by atoms with van der Waals surface area (Å²) in [5, 5.41) is 12.3. The Morgan fingerprint density at radius 3 is 2.56 bits per heavy atom. The minimum Gasteiger partial charge on any atom is -0.392 e. The van der Waals surface area contributed by atoms with E-state index in [1.807, 2.05) is 24.3 Å². The van der Waals surface area contributed by atoms with Gasteiger partial charge in [-0.25, -0.2) is 0 Å². The molecule has 2 N–H and O–H groups in total. The highest BCUT2D eigenvalue weighted by atomic mass is 16.3. The molecule has 0 spiro atoms. The van der Waals surface area contributed by atoms with Crippen molar-refractivity contribution in [2.75, 3.05) is 5.32 Å². The van der Waals surface area contributed by atoms with E-state index in [4.69, 9.17) is 5.11 Å². The smallest absolute Gasteiger partial charge is 0.0681 e. The third kappa shape index (κ3) is 3.37. The number of anilines is 1.